The normalized spacial score (nSPS) is 14.8. The van der Waals surface area contributed by atoms with E-state index in [9.17, 15) is 0 Å². The van der Waals surface area contributed by atoms with Crippen LogP contribution < -0.4 is 16.2 Å². The first-order chi connectivity index (χ1) is 8.24. The van der Waals surface area contributed by atoms with E-state index in [2.05, 4.69) is 20.3 Å². The Hall–Kier alpha value is -1.40. The van der Waals surface area contributed by atoms with Gasteiger partial charge < -0.3 is 9.64 Å². The van der Waals surface area contributed by atoms with Gasteiger partial charge in [0.25, 0.3) is 0 Å². The molecule has 17 heavy (non-hydrogen) atoms. The lowest BCUT2D eigenvalue weighted by Crippen LogP contribution is -2.30. The highest BCUT2D eigenvalue weighted by Gasteiger charge is 2.30. The number of ether oxygens (including phenoxy) is 1. The van der Waals surface area contributed by atoms with Gasteiger partial charge in [-0.2, -0.15) is 4.98 Å². The molecule has 0 aromatic carbocycles. The summed E-state index contributed by atoms with van der Waals surface area (Å²) in [6.45, 7) is 3.49. The van der Waals surface area contributed by atoms with Crippen LogP contribution in [0.5, 0.6) is 0 Å². The molecule has 6 nitrogen and oxygen atoms in total. The summed E-state index contributed by atoms with van der Waals surface area (Å²) in [5.74, 6) is 6.74. The molecular formula is C11H19N5O. The summed E-state index contributed by atoms with van der Waals surface area (Å²) in [7, 11) is 1.71. The van der Waals surface area contributed by atoms with Gasteiger partial charge in [0.15, 0.2) is 0 Å². The van der Waals surface area contributed by atoms with Gasteiger partial charge in [-0.25, -0.2) is 10.8 Å². The van der Waals surface area contributed by atoms with Gasteiger partial charge in [-0.1, -0.05) is 0 Å². The Labute approximate surface area is 101 Å². The molecule has 1 aliphatic rings. The van der Waals surface area contributed by atoms with Crippen LogP contribution in [-0.4, -0.2) is 36.3 Å². The molecule has 0 bridgehead atoms. The first-order valence-corrected chi connectivity index (χ1v) is 5.82. The Morgan fingerprint density at radius 1 is 1.53 bits per heavy atom. The molecule has 1 fully saturated rings. The Morgan fingerprint density at radius 3 is 2.88 bits per heavy atom. The molecule has 1 aromatic heterocycles. The highest BCUT2D eigenvalue weighted by atomic mass is 16.5. The zero-order valence-corrected chi connectivity index (χ0v) is 10.3. The van der Waals surface area contributed by atoms with E-state index in [-0.39, 0.29) is 0 Å². The number of aromatic nitrogens is 2. The van der Waals surface area contributed by atoms with Crippen LogP contribution in [0.3, 0.4) is 0 Å². The summed E-state index contributed by atoms with van der Waals surface area (Å²) < 4.78 is 5.13. The molecule has 0 radical (unpaired) electrons. The van der Waals surface area contributed by atoms with E-state index in [1.165, 1.54) is 12.8 Å². The molecule has 0 unspecified atom stereocenters. The topological polar surface area (TPSA) is 76.3 Å². The van der Waals surface area contributed by atoms with Crippen LogP contribution in [0.15, 0.2) is 6.07 Å². The monoisotopic (exact) mass is 237 g/mol. The second-order valence-corrected chi connectivity index (χ2v) is 4.25. The van der Waals surface area contributed by atoms with Gasteiger partial charge in [-0.3, -0.25) is 5.43 Å². The van der Waals surface area contributed by atoms with Crippen molar-refractivity contribution in [2.75, 3.05) is 30.6 Å². The Bertz CT molecular complexity index is 380. The number of nitrogens with zero attached hydrogens (tertiary/aromatic N) is 3. The largest absolute Gasteiger partial charge is 0.383 e. The Morgan fingerprint density at radius 2 is 2.29 bits per heavy atom. The molecule has 1 saturated carbocycles. The third kappa shape index (κ3) is 3.04. The van der Waals surface area contributed by atoms with E-state index >= 15 is 0 Å². The van der Waals surface area contributed by atoms with Gasteiger partial charge in [0, 0.05) is 31.5 Å². The molecule has 1 aliphatic carbocycles. The zero-order valence-electron chi connectivity index (χ0n) is 10.3. The first-order valence-electron chi connectivity index (χ1n) is 5.82. The Kier molecular flexibility index (Phi) is 3.75. The number of hydrazine groups is 1. The number of nitrogens with two attached hydrogens (primary N) is 1. The van der Waals surface area contributed by atoms with Crippen LogP contribution in [-0.2, 0) is 4.74 Å². The van der Waals surface area contributed by atoms with Gasteiger partial charge in [0.2, 0.25) is 5.95 Å². The number of aryl methyl sites for hydroxylation is 1. The van der Waals surface area contributed by atoms with E-state index in [1.54, 1.807) is 7.11 Å². The van der Waals surface area contributed by atoms with Gasteiger partial charge in [0.05, 0.1) is 6.61 Å². The fraction of sp³-hybridized carbons (Fsp3) is 0.636. The second-order valence-electron chi connectivity index (χ2n) is 4.25. The molecule has 0 saturated heterocycles. The van der Waals surface area contributed by atoms with Crippen molar-refractivity contribution in [3.8, 4) is 0 Å². The van der Waals surface area contributed by atoms with Gasteiger partial charge in [-0.15, -0.1) is 0 Å². The number of anilines is 2. The summed E-state index contributed by atoms with van der Waals surface area (Å²) in [6.07, 6.45) is 2.44. The van der Waals surface area contributed by atoms with E-state index in [4.69, 9.17) is 10.6 Å². The number of rotatable bonds is 6. The number of nitrogens with one attached hydrogen (secondary N) is 1. The van der Waals surface area contributed by atoms with Crippen molar-refractivity contribution in [1.82, 2.24) is 9.97 Å². The lowest BCUT2D eigenvalue weighted by atomic mass is 10.3. The van der Waals surface area contributed by atoms with E-state index in [0.29, 0.717) is 18.6 Å². The van der Waals surface area contributed by atoms with Crippen molar-refractivity contribution in [2.45, 2.75) is 25.8 Å². The van der Waals surface area contributed by atoms with Crippen LogP contribution in [0.4, 0.5) is 11.8 Å². The van der Waals surface area contributed by atoms with Crippen LogP contribution in [0.1, 0.15) is 18.5 Å². The average molecular weight is 237 g/mol. The summed E-state index contributed by atoms with van der Waals surface area (Å²) in [6, 6.07) is 2.57. The third-order valence-electron chi connectivity index (χ3n) is 2.79. The zero-order chi connectivity index (χ0) is 12.3. The van der Waals surface area contributed by atoms with Crippen LogP contribution in [0.25, 0.3) is 0 Å². The van der Waals surface area contributed by atoms with Crippen molar-refractivity contribution in [1.29, 1.82) is 0 Å². The highest BCUT2D eigenvalue weighted by molar-refractivity contribution is 5.46. The van der Waals surface area contributed by atoms with E-state index < -0.39 is 0 Å². The number of methoxy groups -OCH3 is 1. The van der Waals surface area contributed by atoms with Gasteiger partial charge in [-0.05, 0) is 19.8 Å². The van der Waals surface area contributed by atoms with Crippen molar-refractivity contribution < 1.29 is 4.74 Å². The molecule has 0 aliphatic heterocycles. The van der Waals surface area contributed by atoms with Crippen LogP contribution in [0, 0.1) is 6.92 Å². The van der Waals surface area contributed by atoms with E-state index in [1.807, 2.05) is 13.0 Å². The molecule has 2 rings (SSSR count). The third-order valence-corrected chi connectivity index (χ3v) is 2.79. The van der Waals surface area contributed by atoms with Gasteiger partial charge >= 0.3 is 0 Å². The number of hydrogen-bond acceptors (Lipinski definition) is 6. The molecule has 0 spiro atoms. The summed E-state index contributed by atoms with van der Waals surface area (Å²) in [4.78, 5) is 10.8. The molecule has 0 amide bonds. The maximum absolute atomic E-state index is 5.36. The second kappa shape index (κ2) is 5.29. The minimum absolute atomic E-state index is 0.461. The van der Waals surface area contributed by atoms with Crippen LogP contribution in [0.2, 0.25) is 0 Å². The molecule has 3 N–H and O–H groups in total. The SMILES string of the molecule is COCCN(c1cc(C)nc(NN)n1)C1CC1. The summed E-state index contributed by atoms with van der Waals surface area (Å²) >= 11 is 0. The van der Waals surface area contributed by atoms with Crippen molar-refractivity contribution in [3.63, 3.8) is 0 Å². The maximum atomic E-state index is 5.36. The number of hydrogen-bond donors (Lipinski definition) is 2. The Balaban J connectivity index is 2.18. The van der Waals surface area contributed by atoms with Crippen LogP contribution >= 0.6 is 0 Å². The fourth-order valence-corrected chi connectivity index (χ4v) is 1.82. The first kappa shape index (κ1) is 12.1. The molecular weight excluding hydrogens is 218 g/mol. The quantitative estimate of drug-likeness (QED) is 0.560. The average Bonchev–Trinajstić information content (AvgIpc) is 3.13. The molecule has 0 atom stereocenters. The highest BCUT2D eigenvalue weighted by Crippen LogP contribution is 2.30. The van der Waals surface area contributed by atoms with Crippen molar-refractivity contribution in [3.05, 3.63) is 11.8 Å². The fourth-order valence-electron chi connectivity index (χ4n) is 1.82. The minimum Gasteiger partial charge on any atom is -0.383 e. The predicted molar refractivity (Wildman–Crippen MR) is 66.8 cm³/mol. The maximum Gasteiger partial charge on any atom is 0.239 e. The molecule has 1 heterocycles. The lowest BCUT2D eigenvalue weighted by Gasteiger charge is -2.23. The van der Waals surface area contributed by atoms with Crippen molar-refractivity contribution >= 4 is 11.8 Å². The predicted octanol–water partition coefficient (Wildman–Crippen LogP) is 0.686. The standard InChI is InChI=1S/C11H19N5O/c1-8-7-10(14-11(13-8)15-12)16(5-6-17-2)9-3-4-9/h7,9H,3-6,12H2,1-2H3,(H,13,14,15). The van der Waals surface area contributed by atoms with E-state index in [0.717, 1.165) is 18.1 Å². The van der Waals surface area contributed by atoms with Gasteiger partial charge in [0.1, 0.15) is 5.82 Å². The molecule has 94 valence electrons. The number of nitrogen functional groups attached to an aromatic ring is 1. The smallest absolute Gasteiger partial charge is 0.239 e. The minimum atomic E-state index is 0.461. The van der Waals surface area contributed by atoms with Crippen molar-refractivity contribution in [2.24, 2.45) is 5.84 Å². The summed E-state index contributed by atoms with van der Waals surface area (Å²) in [5.41, 5.74) is 3.41. The molecule has 6 heteroatoms. The molecule has 1 aromatic rings. The summed E-state index contributed by atoms with van der Waals surface area (Å²) in [5, 5.41) is 0. The lowest BCUT2D eigenvalue weighted by molar-refractivity contribution is 0.204.